The molecule has 1 saturated heterocycles. The number of aliphatic hydroxyl groups excluding tert-OH is 1. The molecule has 12 heteroatoms. The summed E-state index contributed by atoms with van der Waals surface area (Å²) in [6.45, 7) is 5.63. The van der Waals surface area contributed by atoms with Crippen molar-refractivity contribution >= 4 is 34.5 Å². The maximum Gasteiger partial charge on any atom is 0.275 e. The lowest BCUT2D eigenvalue weighted by Gasteiger charge is -2.28. The van der Waals surface area contributed by atoms with Gasteiger partial charge in [-0.1, -0.05) is 30.3 Å². The quantitative estimate of drug-likeness (QED) is 0.297. The van der Waals surface area contributed by atoms with Gasteiger partial charge < -0.3 is 25.2 Å². The molecule has 0 aliphatic carbocycles. The number of benzene rings is 1. The van der Waals surface area contributed by atoms with E-state index in [2.05, 4.69) is 15.6 Å². The SMILES string of the molecule is CC(C)n1c2nc(Nc3ncc(C4=NC5(CCOCC5)CO4)c(N[C@H](CO)c4ccccc4)n3)ccc2c(=O)n1C. The first kappa shape index (κ1) is 26.9. The summed E-state index contributed by atoms with van der Waals surface area (Å²) in [5, 5.41) is 17.4. The molecule has 12 nitrogen and oxygen atoms in total. The number of ether oxygens (including phenoxy) is 2. The summed E-state index contributed by atoms with van der Waals surface area (Å²) >= 11 is 0. The Balaban J connectivity index is 1.37. The molecular weight excluding hydrogens is 524 g/mol. The van der Waals surface area contributed by atoms with Crippen LogP contribution in [0.25, 0.3) is 11.0 Å². The first-order chi connectivity index (χ1) is 19.9. The molecule has 1 fully saturated rings. The van der Waals surface area contributed by atoms with Gasteiger partial charge in [-0.25, -0.2) is 15.0 Å². The Bertz CT molecular complexity index is 1640. The van der Waals surface area contributed by atoms with E-state index in [1.807, 2.05) is 48.9 Å². The van der Waals surface area contributed by atoms with Crippen LogP contribution >= 0.6 is 0 Å². The topological polar surface area (TPSA) is 141 Å². The molecule has 1 aromatic carbocycles. The van der Waals surface area contributed by atoms with Crippen LogP contribution in [0.2, 0.25) is 0 Å². The molecule has 0 amide bonds. The molecule has 214 valence electrons. The van der Waals surface area contributed by atoms with E-state index in [1.54, 1.807) is 30.1 Å². The number of anilines is 3. The molecule has 0 radical (unpaired) electrons. The number of aliphatic imine (C=N–C) groups is 1. The molecule has 3 aromatic heterocycles. The van der Waals surface area contributed by atoms with Crippen LogP contribution in [0, 0.1) is 0 Å². The molecule has 4 aromatic rings. The molecule has 3 N–H and O–H groups in total. The third kappa shape index (κ3) is 5.16. The lowest BCUT2D eigenvalue weighted by molar-refractivity contribution is 0.0442. The van der Waals surface area contributed by atoms with Crippen LogP contribution in [0.4, 0.5) is 17.6 Å². The number of hydrogen-bond donors (Lipinski definition) is 3. The monoisotopic (exact) mass is 558 g/mol. The second-order valence-electron chi connectivity index (χ2n) is 10.7. The van der Waals surface area contributed by atoms with Gasteiger partial charge in [0, 0.05) is 32.5 Å². The number of aliphatic hydroxyl groups is 1. The molecule has 6 rings (SSSR count). The zero-order valence-corrected chi connectivity index (χ0v) is 23.4. The highest BCUT2D eigenvalue weighted by molar-refractivity contribution is 6.00. The Labute approximate surface area is 237 Å². The van der Waals surface area contributed by atoms with Gasteiger partial charge in [0.1, 0.15) is 23.8 Å². The molecule has 2 aliphatic heterocycles. The smallest absolute Gasteiger partial charge is 0.275 e. The van der Waals surface area contributed by atoms with Crippen LogP contribution in [0.1, 0.15) is 49.9 Å². The fourth-order valence-corrected chi connectivity index (χ4v) is 5.40. The number of nitrogens with one attached hydrogen (secondary N) is 2. The Morgan fingerprint density at radius 3 is 2.61 bits per heavy atom. The number of hydrogen-bond acceptors (Lipinski definition) is 10. The zero-order chi connectivity index (χ0) is 28.6. The summed E-state index contributed by atoms with van der Waals surface area (Å²) in [6.07, 6.45) is 3.25. The Morgan fingerprint density at radius 1 is 1.10 bits per heavy atom. The van der Waals surface area contributed by atoms with Crippen molar-refractivity contribution in [1.82, 2.24) is 24.3 Å². The van der Waals surface area contributed by atoms with E-state index >= 15 is 0 Å². The van der Waals surface area contributed by atoms with Gasteiger partial charge in [-0.3, -0.25) is 14.2 Å². The molecule has 2 aliphatic rings. The van der Waals surface area contributed by atoms with E-state index in [4.69, 9.17) is 24.4 Å². The van der Waals surface area contributed by atoms with Gasteiger partial charge in [-0.05, 0) is 44.4 Å². The maximum absolute atomic E-state index is 12.7. The van der Waals surface area contributed by atoms with Crippen molar-refractivity contribution in [3.05, 3.63) is 70.1 Å². The molecule has 1 atom stereocenters. The van der Waals surface area contributed by atoms with Crippen LogP contribution in [0.5, 0.6) is 0 Å². The zero-order valence-electron chi connectivity index (χ0n) is 23.4. The van der Waals surface area contributed by atoms with Gasteiger partial charge in [-0.15, -0.1) is 0 Å². The molecule has 41 heavy (non-hydrogen) atoms. The van der Waals surface area contributed by atoms with Crippen molar-refractivity contribution < 1.29 is 14.6 Å². The van der Waals surface area contributed by atoms with Gasteiger partial charge in [0.2, 0.25) is 11.8 Å². The first-order valence-corrected chi connectivity index (χ1v) is 13.8. The largest absolute Gasteiger partial charge is 0.475 e. The Kier molecular flexibility index (Phi) is 7.18. The van der Waals surface area contributed by atoms with Gasteiger partial charge >= 0.3 is 0 Å². The van der Waals surface area contributed by atoms with E-state index in [-0.39, 0.29) is 23.7 Å². The minimum atomic E-state index is -0.420. The number of rotatable bonds is 8. The van der Waals surface area contributed by atoms with Gasteiger partial charge in [0.15, 0.2) is 5.65 Å². The normalized spacial score (nSPS) is 17.0. The van der Waals surface area contributed by atoms with Crippen LogP contribution in [-0.2, 0) is 16.5 Å². The molecule has 0 unspecified atom stereocenters. The second kappa shape index (κ2) is 10.9. The van der Waals surface area contributed by atoms with Crippen molar-refractivity contribution in [2.75, 3.05) is 37.1 Å². The molecule has 5 heterocycles. The van der Waals surface area contributed by atoms with E-state index in [0.717, 1.165) is 18.4 Å². The van der Waals surface area contributed by atoms with Crippen molar-refractivity contribution in [3.63, 3.8) is 0 Å². The summed E-state index contributed by atoms with van der Waals surface area (Å²) in [5.41, 5.74) is 1.68. The number of nitrogens with zero attached hydrogens (tertiary/aromatic N) is 6. The lowest BCUT2D eigenvalue weighted by atomic mass is 9.92. The fraction of sp³-hybridized carbons (Fsp3) is 0.414. The minimum Gasteiger partial charge on any atom is -0.475 e. The van der Waals surface area contributed by atoms with Crippen LogP contribution in [0.3, 0.4) is 0 Å². The summed E-state index contributed by atoms with van der Waals surface area (Å²) in [6, 6.07) is 12.8. The number of pyridine rings is 1. The van der Waals surface area contributed by atoms with Crippen molar-refractivity contribution in [3.8, 4) is 0 Å². The predicted octanol–water partition coefficient (Wildman–Crippen LogP) is 3.32. The average Bonchev–Trinajstić information content (AvgIpc) is 3.50. The second-order valence-corrected chi connectivity index (χ2v) is 10.7. The minimum absolute atomic E-state index is 0.0406. The van der Waals surface area contributed by atoms with Crippen LogP contribution in [0.15, 0.2) is 58.4 Å². The maximum atomic E-state index is 12.7. The van der Waals surface area contributed by atoms with Crippen LogP contribution in [-0.4, -0.2) is 67.3 Å². The standard InChI is InChI=1S/C29H34N8O4/c1-18(2)37-25-20(27(39)36(37)3)9-10-23(32-25)33-28-30-15-21(26-35-29(17-41-26)11-13-40-14-12-29)24(34-28)31-22(16-38)19-7-5-4-6-8-19/h4-10,15,18,22,38H,11-14,16-17H2,1-3H3,(H2,30,31,32,33,34)/t22-/m1/s1. The summed E-state index contributed by atoms with van der Waals surface area (Å²) in [5.74, 6) is 1.72. The van der Waals surface area contributed by atoms with Crippen LogP contribution < -0.4 is 16.2 Å². The van der Waals surface area contributed by atoms with Crippen molar-refractivity contribution in [2.45, 2.75) is 44.3 Å². The summed E-state index contributed by atoms with van der Waals surface area (Å²) in [7, 11) is 1.74. The fourth-order valence-electron chi connectivity index (χ4n) is 5.40. The lowest BCUT2D eigenvalue weighted by Crippen LogP contribution is -2.35. The van der Waals surface area contributed by atoms with E-state index < -0.39 is 6.04 Å². The highest BCUT2D eigenvalue weighted by Crippen LogP contribution is 2.33. The third-order valence-corrected chi connectivity index (χ3v) is 7.62. The molecular formula is C29H34N8O4. The average molecular weight is 559 g/mol. The Morgan fingerprint density at radius 2 is 1.88 bits per heavy atom. The highest BCUT2D eigenvalue weighted by atomic mass is 16.5. The van der Waals surface area contributed by atoms with Gasteiger partial charge in [0.05, 0.1) is 23.6 Å². The third-order valence-electron chi connectivity index (χ3n) is 7.62. The molecule has 1 spiro atoms. The Hall–Kier alpha value is -4.29. The predicted molar refractivity (Wildman–Crippen MR) is 156 cm³/mol. The highest BCUT2D eigenvalue weighted by Gasteiger charge is 2.39. The summed E-state index contributed by atoms with van der Waals surface area (Å²) in [4.78, 5) is 31.7. The first-order valence-electron chi connectivity index (χ1n) is 13.8. The van der Waals surface area contributed by atoms with Gasteiger partial charge in [-0.2, -0.15) is 4.98 Å². The molecule has 0 saturated carbocycles. The van der Waals surface area contributed by atoms with E-state index in [0.29, 0.717) is 59.9 Å². The molecule has 0 bridgehead atoms. The number of fused-ring (bicyclic) bond motifs is 1. The van der Waals surface area contributed by atoms with Gasteiger partial charge in [0.25, 0.3) is 5.56 Å². The van der Waals surface area contributed by atoms with E-state index in [1.165, 1.54) is 0 Å². The van der Waals surface area contributed by atoms with Crippen molar-refractivity contribution in [1.29, 1.82) is 0 Å². The number of aromatic nitrogens is 5. The van der Waals surface area contributed by atoms with Crippen molar-refractivity contribution in [2.24, 2.45) is 12.0 Å². The summed E-state index contributed by atoms with van der Waals surface area (Å²) < 4.78 is 15.1. The van der Waals surface area contributed by atoms with E-state index in [9.17, 15) is 9.90 Å².